The zero-order chi connectivity index (χ0) is 11.7. The van der Waals surface area contributed by atoms with Crippen LogP contribution in [0.15, 0.2) is 36.5 Å². The summed E-state index contributed by atoms with van der Waals surface area (Å²) in [4.78, 5) is 0. The van der Waals surface area contributed by atoms with Crippen LogP contribution in [0.25, 0.3) is 0 Å². The molecule has 1 aromatic carbocycles. The van der Waals surface area contributed by atoms with Crippen molar-refractivity contribution < 1.29 is 4.39 Å². The Labute approximate surface area is 100 Å². The minimum Gasteiger partial charge on any atom is -0.349 e. The zero-order valence-electron chi connectivity index (χ0n) is 9.62. The molecule has 17 heavy (non-hydrogen) atoms. The molecular weight excluding hydrogens is 215 g/mol. The quantitative estimate of drug-likeness (QED) is 0.837. The number of benzene rings is 1. The molecule has 0 saturated carbocycles. The maximum Gasteiger partial charge on any atom is 0.126 e. The summed E-state index contributed by atoms with van der Waals surface area (Å²) in [6.45, 7) is 2.91. The van der Waals surface area contributed by atoms with Crippen LogP contribution in [-0.4, -0.2) is 11.1 Å². The highest BCUT2D eigenvalue weighted by atomic mass is 19.1. The third kappa shape index (κ3) is 1.98. The van der Waals surface area contributed by atoms with Crippen LogP contribution in [0.4, 0.5) is 4.39 Å². The van der Waals surface area contributed by atoms with Gasteiger partial charge in [-0.1, -0.05) is 18.2 Å². The average Bonchev–Trinajstić information content (AvgIpc) is 2.76. The summed E-state index contributed by atoms with van der Waals surface area (Å²) in [5.41, 5.74) is 3.29. The molecule has 3 rings (SSSR count). The SMILES string of the molecule is Fc1ccccc1Cc1ccn2c1CNCC2. The molecule has 2 aromatic rings. The molecule has 0 unspecified atom stereocenters. The first kappa shape index (κ1) is 10.5. The van der Waals surface area contributed by atoms with Gasteiger partial charge in [-0.15, -0.1) is 0 Å². The van der Waals surface area contributed by atoms with Crippen molar-refractivity contribution in [3.05, 3.63) is 59.2 Å². The van der Waals surface area contributed by atoms with Crippen molar-refractivity contribution >= 4 is 0 Å². The Morgan fingerprint density at radius 2 is 2.06 bits per heavy atom. The molecular formula is C14H15FN2. The van der Waals surface area contributed by atoms with E-state index in [1.165, 1.54) is 17.3 Å². The molecule has 0 amide bonds. The summed E-state index contributed by atoms with van der Waals surface area (Å²) in [6, 6.07) is 9.11. The van der Waals surface area contributed by atoms with Gasteiger partial charge in [0.2, 0.25) is 0 Å². The van der Waals surface area contributed by atoms with Crippen LogP contribution in [0.1, 0.15) is 16.8 Å². The van der Waals surface area contributed by atoms with Gasteiger partial charge in [0.15, 0.2) is 0 Å². The van der Waals surface area contributed by atoms with Gasteiger partial charge in [0, 0.05) is 37.9 Å². The molecule has 1 N–H and O–H groups in total. The van der Waals surface area contributed by atoms with E-state index in [9.17, 15) is 4.39 Å². The van der Waals surface area contributed by atoms with Gasteiger partial charge in [-0.2, -0.15) is 0 Å². The molecule has 0 fully saturated rings. The highest BCUT2D eigenvalue weighted by Crippen LogP contribution is 2.19. The predicted molar refractivity (Wildman–Crippen MR) is 65.3 cm³/mol. The van der Waals surface area contributed by atoms with E-state index in [4.69, 9.17) is 0 Å². The molecule has 88 valence electrons. The van der Waals surface area contributed by atoms with Crippen molar-refractivity contribution in [2.45, 2.75) is 19.5 Å². The van der Waals surface area contributed by atoms with E-state index in [0.29, 0.717) is 6.42 Å². The van der Waals surface area contributed by atoms with Crippen LogP contribution in [0, 0.1) is 5.82 Å². The fraction of sp³-hybridized carbons (Fsp3) is 0.286. The van der Waals surface area contributed by atoms with E-state index < -0.39 is 0 Å². The Kier molecular flexibility index (Phi) is 2.69. The first-order valence-corrected chi connectivity index (χ1v) is 5.95. The minimum atomic E-state index is -0.115. The summed E-state index contributed by atoms with van der Waals surface area (Å²) >= 11 is 0. The van der Waals surface area contributed by atoms with Gasteiger partial charge in [-0.3, -0.25) is 0 Å². The van der Waals surface area contributed by atoms with Gasteiger partial charge in [0.1, 0.15) is 5.82 Å². The normalized spacial score (nSPS) is 14.6. The molecule has 0 spiro atoms. The number of nitrogens with one attached hydrogen (secondary N) is 1. The van der Waals surface area contributed by atoms with Crippen molar-refractivity contribution in [3.63, 3.8) is 0 Å². The Bertz CT molecular complexity index is 531. The molecule has 0 radical (unpaired) electrons. The molecule has 0 bridgehead atoms. The number of hydrogen-bond acceptors (Lipinski definition) is 1. The molecule has 2 heterocycles. The number of hydrogen-bond donors (Lipinski definition) is 1. The Hall–Kier alpha value is -1.61. The van der Waals surface area contributed by atoms with Gasteiger partial charge in [0.05, 0.1) is 0 Å². The molecule has 0 saturated heterocycles. The first-order chi connectivity index (χ1) is 8.34. The number of fused-ring (bicyclic) bond motifs is 1. The van der Waals surface area contributed by atoms with Crippen molar-refractivity contribution in [3.8, 4) is 0 Å². The summed E-state index contributed by atoms with van der Waals surface area (Å²) in [7, 11) is 0. The smallest absolute Gasteiger partial charge is 0.126 e. The van der Waals surface area contributed by atoms with E-state index in [-0.39, 0.29) is 5.82 Å². The van der Waals surface area contributed by atoms with Crippen LogP contribution in [0.3, 0.4) is 0 Å². The number of rotatable bonds is 2. The van der Waals surface area contributed by atoms with Gasteiger partial charge in [0.25, 0.3) is 0 Å². The number of halogens is 1. The lowest BCUT2D eigenvalue weighted by atomic mass is 10.0. The molecule has 2 nitrogen and oxygen atoms in total. The van der Waals surface area contributed by atoms with Crippen LogP contribution in [0.5, 0.6) is 0 Å². The van der Waals surface area contributed by atoms with E-state index in [1.54, 1.807) is 6.07 Å². The highest BCUT2D eigenvalue weighted by molar-refractivity contribution is 5.31. The van der Waals surface area contributed by atoms with E-state index in [0.717, 1.165) is 25.2 Å². The van der Waals surface area contributed by atoms with Gasteiger partial charge < -0.3 is 9.88 Å². The number of nitrogens with zero attached hydrogens (tertiary/aromatic N) is 1. The monoisotopic (exact) mass is 230 g/mol. The maximum atomic E-state index is 13.6. The van der Waals surface area contributed by atoms with Crippen LogP contribution in [0.2, 0.25) is 0 Å². The second kappa shape index (κ2) is 4.34. The van der Waals surface area contributed by atoms with Crippen molar-refractivity contribution in [1.82, 2.24) is 9.88 Å². The standard InChI is InChI=1S/C14H15FN2/c15-13-4-2-1-3-11(13)9-12-5-7-17-8-6-16-10-14(12)17/h1-5,7,16H,6,8-10H2. The first-order valence-electron chi connectivity index (χ1n) is 5.95. The summed E-state index contributed by atoms with van der Waals surface area (Å²) in [5, 5.41) is 3.35. The Morgan fingerprint density at radius 1 is 1.18 bits per heavy atom. The molecule has 3 heteroatoms. The van der Waals surface area contributed by atoms with E-state index in [2.05, 4.69) is 22.1 Å². The summed E-state index contributed by atoms with van der Waals surface area (Å²) in [5.74, 6) is -0.115. The molecule has 0 atom stereocenters. The third-order valence-electron chi connectivity index (χ3n) is 3.33. The van der Waals surface area contributed by atoms with Crippen molar-refractivity contribution in [2.75, 3.05) is 6.54 Å². The lowest BCUT2D eigenvalue weighted by Gasteiger charge is -2.18. The van der Waals surface area contributed by atoms with Gasteiger partial charge >= 0.3 is 0 Å². The van der Waals surface area contributed by atoms with Gasteiger partial charge in [-0.25, -0.2) is 4.39 Å². The second-order valence-electron chi connectivity index (χ2n) is 4.43. The van der Waals surface area contributed by atoms with Crippen molar-refractivity contribution in [1.29, 1.82) is 0 Å². The fourth-order valence-corrected chi connectivity index (χ4v) is 2.39. The average molecular weight is 230 g/mol. The zero-order valence-corrected chi connectivity index (χ0v) is 9.62. The second-order valence-corrected chi connectivity index (χ2v) is 4.43. The van der Waals surface area contributed by atoms with Gasteiger partial charge in [-0.05, 0) is 23.3 Å². The Morgan fingerprint density at radius 3 is 2.94 bits per heavy atom. The molecule has 1 aromatic heterocycles. The lowest BCUT2D eigenvalue weighted by Crippen LogP contribution is -2.28. The fourth-order valence-electron chi connectivity index (χ4n) is 2.39. The predicted octanol–water partition coefficient (Wildman–Crippen LogP) is 2.32. The summed E-state index contributed by atoms with van der Waals surface area (Å²) < 4.78 is 15.8. The van der Waals surface area contributed by atoms with Crippen LogP contribution < -0.4 is 5.32 Å². The minimum absolute atomic E-state index is 0.115. The van der Waals surface area contributed by atoms with Crippen LogP contribution >= 0.6 is 0 Å². The molecule has 1 aliphatic heterocycles. The van der Waals surface area contributed by atoms with E-state index in [1.807, 2.05) is 12.1 Å². The topological polar surface area (TPSA) is 17.0 Å². The van der Waals surface area contributed by atoms with E-state index >= 15 is 0 Å². The molecule has 1 aliphatic rings. The summed E-state index contributed by atoms with van der Waals surface area (Å²) in [6.07, 6.45) is 2.78. The van der Waals surface area contributed by atoms with Crippen molar-refractivity contribution in [2.24, 2.45) is 0 Å². The lowest BCUT2D eigenvalue weighted by molar-refractivity contribution is 0.513. The number of aromatic nitrogens is 1. The molecule has 0 aliphatic carbocycles. The largest absolute Gasteiger partial charge is 0.349 e. The highest BCUT2D eigenvalue weighted by Gasteiger charge is 2.13. The maximum absolute atomic E-state index is 13.6. The Balaban J connectivity index is 1.91. The third-order valence-corrected chi connectivity index (χ3v) is 3.33. The van der Waals surface area contributed by atoms with Crippen LogP contribution in [-0.2, 0) is 19.5 Å².